The molecule has 0 aliphatic carbocycles. The molecule has 0 aromatic heterocycles. The number of halogens is 4. The number of hydrogen-bond donors (Lipinski definition) is 2. The lowest BCUT2D eigenvalue weighted by Gasteiger charge is -2.09. The van der Waals surface area contributed by atoms with Gasteiger partial charge in [-0.3, -0.25) is 9.59 Å². The van der Waals surface area contributed by atoms with E-state index in [1.165, 1.54) is 60.7 Å². The van der Waals surface area contributed by atoms with Crippen LogP contribution in [0.5, 0.6) is 5.75 Å². The van der Waals surface area contributed by atoms with Crippen molar-refractivity contribution in [1.82, 2.24) is 0 Å². The van der Waals surface area contributed by atoms with E-state index >= 15 is 0 Å². The molecule has 0 fully saturated rings. The van der Waals surface area contributed by atoms with Gasteiger partial charge in [-0.25, -0.2) is 4.39 Å². The van der Waals surface area contributed by atoms with Crippen molar-refractivity contribution >= 4 is 29.3 Å². The predicted molar refractivity (Wildman–Crippen MR) is 121 cm³/mol. The normalized spacial score (nSPS) is 11.3. The van der Waals surface area contributed by atoms with Crippen LogP contribution < -0.4 is 15.4 Å². The first-order chi connectivity index (χ1) is 16.6. The number of anilines is 2. The number of nitrogens with one attached hydrogen (secondary N) is 2. The largest absolute Gasteiger partial charge is 0.484 e. The summed E-state index contributed by atoms with van der Waals surface area (Å²) >= 11 is 0. The van der Waals surface area contributed by atoms with Gasteiger partial charge in [0, 0.05) is 11.4 Å². The van der Waals surface area contributed by atoms with Crippen LogP contribution in [0.2, 0.25) is 0 Å². The van der Waals surface area contributed by atoms with Crippen LogP contribution in [0.1, 0.15) is 11.1 Å². The highest BCUT2D eigenvalue weighted by atomic mass is 19.4. The average molecular weight is 483 g/mol. The van der Waals surface area contributed by atoms with Gasteiger partial charge in [-0.15, -0.1) is 0 Å². The van der Waals surface area contributed by atoms with Crippen LogP contribution in [-0.4, -0.2) is 18.4 Å². The molecule has 35 heavy (non-hydrogen) atoms. The zero-order chi connectivity index (χ0) is 25.4. The van der Waals surface area contributed by atoms with Crippen molar-refractivity contribution in [2.24, 2.45) is 0 Å². The third-order valence-corrected chi connectivity index (χ3v) is 4.50. The van der Waals surface area contributed by atoms with E-state index in [-0.39, 0.29) is 17.9 Å². The number of hydrogen-bond acceptors (Lipinski definition) is 4. The van der Waals surface area contributed by atoms with Crippen LogP contribution in [0, 0.1) is 17.1 Å². The number of carbonyl (C=O) groups is 2. The van der Waals surface area contributed by atoms with E-state index in [0.29, 0.717) is 17.0 Å². The molecule has 0 aliphatic heterocycles. The van der Waals surface area contributed by atoms with Crippen molar-refractivity contribution in [1.29, 1.82) is 5.26 Å². The van der Waals surface area contributed by atoms with Crippen molar-refractivity contribution in [3.05, 3.63) is 95.3 Å². The van der Waals surface area contributed by atoms with Crippen LogP contribution in [0.25, 0.3) is 6.08 Å². The van der Waals surface area contributed by atoms with Crippen LogP contribution in [-0.2, 0) is 15.8 Å². The molecule has 3 rings (SSSR count). The second-order valence-electron chi connectivity index (χ2n) is 7.12. The van der Waals surface area contributed by atoms with Crippen molar-refractivity contribution in [2.45, 2.75) is 6.18 Å². The standard InChI is InChI=1S/C25H17F4N3O3/c26-19-6-8-20(9-7-19)31-23(33)15-35-22-10-4-16(5-11-22)12-17(14-30)24(34)32-21-3-1-2-18(13-21)25(27,28)29/h1-13H,15H2,(H,31,33)(H,32,34)/b17-12+. The SMILES string of the molecule is N#C/C(=C\c1ccc(OCC(=O)Nc2ccc(F)cc2)cc1)C(=O)Nc1cccc(C(F)(F)F)c1. The highest BCUT2D eigenvalue weighted by Crippen LogP contribution is 2.30. The Balaban J connectivity index is 1.59. The maximum atomic E-state index is 12.9. The monoisotopic (exact) mass is 483 g/mol. The molecule has 10 heteroatoms. The molecule has 0 atom stereocenters. The molecule has 0 saturated carbocycles. The molecule has 0 radical (unpaired) electrons. The smallest absolute Gasteiger partial charge is 0.416 e. The lowest BCUT2D eigenvalue weighted by Crippen LogP contribution is -2.20. The van der Waals surface area contributed by atoms with Gasteiger partial charge in [0.05, 0.1) is 5.56 Å². The average Bonchev–Trinajstić information content (AvgIpc) is 2.83. The number of alkyl halides is 3. The van der Waals surface area contributed by atoms with Gasteiger partial charge in [0.2, 0.25) is 0 Å². The Labute approximate surface area is 197 Å². The minimum absolute atomic E-state index is 0.103. The third-order valence-electron chi connectivity index (χ3n) is 4.50. The first-order valence-corrected chi connectivity index (χ1v) is 10.0. The number of amides is 2. The molecule has 0 heterocycles. The molecule has 6 nitrogen and oxygen atoms in total. The fourth-order valence-electron chi connectivity index (χ4n) is 2.83. The zero-order valence-electron chi connectivity index (χ0n) is 17.9. The van der Waals surface area contributed by atoms with E-state index < -0.39 is 29.4 Å². The predicted octanol–water partition coefficient (Wildman–Crippen LogP) is 5.41. The lowest BCUT2D eigenvalue weighted by atomic mass is 10.1. The molecular formula is C25H17F4N3O3. The van der Waals surface area contributed by atoms with Gasteiger partial charge in [-0.1, -0.05) is 18.2 Å². The van der Waals surface area contributed by atoms with Gasteiger partial charge in [0.15, 0.2) is 6.61 Å². The molecule has 3 aromatic carbocycles. The summed E-state index contributed by atoms with van der Waals surface area (Å²) in [5.74, 6) is -1.42. The summed E-state index contributed by atoms with van der Waals surface area (Å²) in [4.78, 5) is 24.3. The number of ether oxygens (including phenoxy) is 1. The maximum Gasteiger partial charge on any atom is 0.416 e. The maximum absolute atomic E-state index is 12.9. The van der Waals surface area contributed by atoms with Crippen molar-refractivity contribution < 1.29 is 31.9 Å². The molecule has 2 amide bonds. The second kappa shape index (κ2) is 11.0. The molecule has 0 unspecified atom stereocenters. The van der Waals surface area contributed by atoms with Gasteiger partial charge in [0.25, 0.3) is 11.8 Å². The Morgan fingerprint density at radius 3 is 2.26 bits per heavy atom. The molecular weight excluding hydrogens is 466 g/mol. The summed E-state index contributed by atoms with van der Waals surface area (Å²) in [5, 5.41) is 14.1. The molecule has 0 spiro atoms. The summed E-state index contributed by atoms with van der Waals surface area (Å²) in [6, 6.07) is 17.1. The Morgan fingerprint density at radius 1 is 0.943 bits per heavy atom. The molecule has 3 aromatic rings. The van der Waals surface area contributed by atoms with Gasteiger partial charge >= 0.3 is 6.18 Å². The summed E-state index contributed by atoms with van der Waals surface area (Å²) < 4.78 is 56.8. The summed E-state index contributed by atoms with van der Waals surface area (Å²) in [7, 11) is 0. The lowest BCUT2D eigenvalue weighted by molar-refractivity contribution is -0.137. The van der Waals surface area contributed by atoms with E-state index in [0.717, 1.165) is 18.2 Å². The second-order valence-corrected chi connectivity index (χ2v) is 7.12. The fraction of sp³-hybridized carbons (Fsp3) is 0.0800. The van der Waals surface area contributed by atoms with Crippen LogP contribution >= 0.6 is 0 Å². The van der Waals surface area contributed by atoms with Crippen molar-refractivity contribution in [2.75, 3.05) is 17.2 Å². The Bertz CT molecular complexity index is 1280. The Kier molecular flexibility index (Phi) is 7.84. The Morgan fingerprint density at radius 2 is 1.63 bits per heavy atom. The number of nitrogens with zero attached hydrogens (tertiary/aromatic N) is 1. The minimum Gasteiger partial charge on any atom is -0.484 e. The number of benzene rings is 3. The molecule has 0 aliphatic rings. The van der Waals surface area contributed by atoms with Crippen molar-refractivity contribution in [3.8, 4) is 11.8 Å². The zero-order valence-corrected chi connectivity index (χ0v) is 17.9. The van der Waals surface area contributed by atoms with Gasteiger partial charge in [-0.05, 0) is 66.2 Å². The topological polar surface area (TPSA) is 91.2 Å². The number of rotatable bonds is 7. The van der Waals surface area contributed by atoms with Gasteiger partial charge < -0.3 is 15.4 Å². The van der Waals surface area contributed by atoms with E-state index in [1.54, 1.807) is 6.07 Å². The summed E-state index contributed by atoms with van der Waals surface area (Å²) in [5.41, 5.74) is -0.500. The summed E-state index contributed by atoms with van der Waals surface area (Å²) in [6.07, 6.45) is -3.31. The molecule has 0 bridgehead atoms. The molecule has 0 saturated heterocycles. The van der Waals surface area contributed by atoms with Crippen LogP contribution in [0.15, 0.2) is 78.4 Å². The van der Waals surface area contributed by atoms with Crippen LogP contribution in [0.3, 0.4) is 0 Å². The number of nitriles is 1. The number of carbonyl (C=O) groups excluding carboxylic acids is 2. The first-order valence-electron chi connectivity index (χ1n) is 10.0. The van der Waals surface area contributed by atoms with Crippen molar-refractivity contribution in [3.63, 3.8) is 0 Å². The van der Waals surface area contributed by atoms with E-state index in [4.69, 9.17) is 4.74 Å². The van der Waals surface area contributed by atoms with E-state index in [1.807, 2.05) is 0 Å². The first kappa shape index (κ1) is 25.0. The van der Waals surface area contributed by atoms with Crippen LogP contribution in [0.4, 0.5) is 28.9 Å². The minimum atomic E-state index is -4.57. The quantitative estimate of drug-likeness (QED) is 0.267. The summed E-state index contributed by atoms with van der Waals surface area (Å²) in [6.45, 7) is -0.310. The van der Waals surface area contributed by atoms with E-state index in [2.05, 4.69) is 10.6 Å². The Hall–Kier alpha value is -4.65. The highest BCUT2D eigenvalue weighted by molar-refractivity contribution is 6.09. The molecule has 178 valence electrons. The molecule has 2 N–H and O–H groups in total. The van der Waals surface area contributed by atoms with Gasteiger partial charge in [0.1, 0.15) is 23.2 Å². The fourth-order valence-corrected chi connectivity index (χ4v) is 2.83. The van der Waals surface area contributed by atoms with Gasteiger partial charge in [-0.2, -0.15) is 18.4 Å². The third kappa shape index (κ3) is 7.43. The highest BCUT2D eigenvalue weighted by Gasteiger charge is 2.30. The van der Waals surface area contributed by atoms with E-state index in [9.17, 15) is 32.4 Å².